The van der Waals surface area contributed by atoms with Crippen LogP contribution < -0.4 is 15.8 Å². The van der Waals surface area contributed by atoms with E-state index in [-0.39, 0.29) is 17.1 Å². The Labute approximate surface area is 110 Å². The van der Waals surface area contributed by atoms with Crippen LogP contribution in [0, 0.1) is 11.6 Å². The van der Waals surface area contributed by atoms with Gasteiger partial charge in [-0.05, 0) is 31.2 Å². The SMILES string of the molecule is CCOc1ccc(Nc2c(N)cccc2F)cc1F. The van der Waals surface area contributed by atoms with E-state index in [1.807, 2.05) is 0 Å². The summed E-state index contributed by atoms with van der Waals surface area (Å²) in [5, 5.41) is 2.76. The molecule has 2 rings (SSSR count). The predicted octanol–water partition coefficient (Wildman–Crippen LogP) is 3.69. The number of hydrogen-bond donors (Lipinski definition) is 2. The Balaban J connectivity index is 2.27. The van der Waals surface area contributed by atoms with Crippen molar-refractivity contribution in [3.63, 3.8) is 0 Å². The van der Waals surface area contributed by atoms with Crippen molar-refractivity contribution in [3.05, 3.63) is 48.0 Å². The highest BCUT2D eigenvalue weighted by molar-refractivity contribution is 5.73. The number of hydrogen-bond acceptors (Lipinski definition) is 3. The molecule has 3 nitrogen and oxygen atoms in total. The number of rotatable bonds is 4. The molecule has 5 heteroatoms. The Kier molecular flexibility index (Phi) is 3.85. The van der Waals surface area contributed by atoms with Crippen LogP contribution >= 0.6 is 0 Å². The van der Waals surface area contributed by atoms with E-state index in [9.17, 15) is 8.78 Å². The zero-order chi connectivity index (χ0) is 13.8. The second-order valence-electron chi connectivity index (χ2n) is 3.91. The topological polar surface area (TPSA) is 47.3 Å². The van der Waals surface area contributed by atoms with E-state index < -0.39 is 11.6 Å². The minimum atomic E-state index is -0.512. The summed E-state index contributed by atoms with van der Waals surface area (Å²) in [5.41, 5.74) is 6.45. The normalized spacial score (nSPS) is 10.3. The minimum absolute atomic E-state index is 0.131. The summed E-state index contributed by atoms with van der Waals surface area (Å²) in [6.07, 6.45) is 0. The number of para-hydroxylation sites is 1. The minimum Gasteiger partial charge on any atom is -0.491 e. The third kappa shape index (κ3) is 2.93. The molecule has 0 aliphatic rings. The first-order valence-corrected chi connectivity index (χ1v) is 5.85. The molecule has 0 aliphatic heterocycles. The van der Waals surface area contributed by atoms with Gasteiger partial charge in [0.1, 0.15) is 5.82 Å². The van der Waals surface area contributed by atoms with Gasteiger partial charge in [0.15, 0.2) is 11.6 Å². The van der Waals surface area contributed by atoms with Crippen LogP contribution in [0.4, 0.5) is 25.8 Å². The Morgan fingerprint density at radius 1 is 1.16 bits per heavy atom. The zero-order valence-corrected chi connectivity index (χ0v) is 10.4. The Bertz CT molecular complexity index is 567. The largest absolute Gasteiger partial charge is 0.491 e. The van der Waals surface area contributed by atoms with Crippen LogP contribution in [0.3, 0.4) is 0 Å². The lowest BCUT2D eigenvalue weighted by Crippen LogP contribution is -2.00. The van der Waals surface area contributed by atoms with Crippen molar-refractivity contribution < 1.29 is 13.5 Å². The molecule has 0 bridgehead atoms. The lowest BCUT2D eigenvalue weighted by Gasteiger charge is -2.11. The molecule has 0 saturated heterocycles. The Morgan fingerprint density at radius 2 is 1.95 bits per heavy atom. The summed E-state index contributed by atoms with van der Waals surface area (Å²) in [6.45, 7) is 2.15. The fraction of sp³-hybridized carbons (Fsp3) is 0.143. The maximum Gasteiger partial charge on any atom is 0.167 e. The second-order valence-corrected chi connectivity index (χ2v) is 3.91. The average Bonchev–Trinajstić information content (AvgIpc) is 2.37. The molecule has 0 aromatic heterocycles. The molecule has 0 unspecified atom stereocenters. The number of halogens is 2. The summed E-state index contributed by atoms with van der Waals surface area (Å²) < 4.78 is 32.3. The summed E-state index contributed by atoms with van der Waals surface area (Å²) in [4.78, 5) is 0. The number of nitrogen functional groups attached to an aromatic ring is 1. The standard InChI is InChI=1S/C14H14F2N2O/c1-2-19-13-7-6-9(8-11(13)16)18-14-10(15)4-3-5-12(14)17/h3-8,18H,2,17H2,1H3. The molecule has 3 N–H and O–H groups in total. The highest BCUT2D eigenvalue weighted by Gasteiger charge is 2.08. The van der Waals surface area contributed by atoms with Gasteiger partial charge in [0.25, 0.3) is 0 Å². The van der Waals surface area contributed by atoms with E-state index in [0.717, 1.165) is 0 Å². The van der Waals surface area contributed by atoms with Gasteiger partial charge in [-0.2, -0.15) is 0 Å². The van der Waals surface area contributed by atoms with Crippen molar-refractivity contribution in [2.24, 2.45) is 0 Å². The molecule has 0 atom stereocenters. The van der Waals surface area contributed by atoms with E-state index in [1.54, 1.807) is 19.1 Å². The lowest BCUT2D eigenvalue weighted by atomic mass is 10.2. The fourth-order valence-corrected chi connectivity index (χ4v) is 1.67. The summed E-state index contributed by atoms with van der Waals surface area (Å²) in [6, 6.07) is 8.67. The predicted molar refractivity (Wildman–Crippen MR) is 71.7 cm³/mol. The molecule has 0 aliphatic carbocycles. The first kappa shape index (κ1) is 13.1. The molecule has 0 radical (unpaired) electrons. The monoisotopic (exact) mass is 264 g/mol. The van der Waals surface area contributed by atoms with Crippen LogP contribution in [-0.4, -0.2) is 6.61 Å². The first-order chi connectivity index (χ1) is 9.11. The van der Waals surface area contributed by atoms with Gasteiger partial charge in [0.2, 0.25) is 0 Å². The molecule has 19 heavy (non-hydrogen) atoms. The van der Waals surface area contributed by atoms with Crippen molar-refractivity contribution in [2.75, 3.05) is 17.7 Å². The number of anilines is 3. The summed E-state index contributed by atoms with van der Waals surface area (Å²) >= 11 is 0. The quantitative estimate of drug-likeness (QED) is 0.828. The van der Waals surface area contributed by atoms with Crippen LogP contribution in [0.15, 0.2) is 36.4 Å². The van der Waals surface area contributed by atoms with E-state index >= 15 is 0 Å². The molecule has 100 valence electrons. The van der Waals surface area contributed by atoms with Gasteiger partial charge in [-0.1, -0.05) is 6.07 Å². The highest BCUT2D eigenvalue weighted by atomic mass is 19.1. The van der Waals surface area contributed by atoms with Crippen molar-refractivity contribution >= 4 is 17.1 Å². The molecule has 2 aromatic carbocycles. The molecule has 0 heterocycles. The van der Waals surface area contributed by atoms with Crippen molar-refractivity contribution in [3.8, 4) is 5.75 Å². The van der Waals surface area contributed by atoms with Crippen LogP contribution in [0.2, 0.25) is 0 Å². The average molecular weight is 264 g/mol. The highest BCUT2D eigenvalue weighted by Crippen LogP contribution is 2.28. The number of benzene rings is 2. The fourth-order valence-electron chi connectivity index (χ4n) is 1.67. The second kappa shape index (κ2) is 5.56. The Hall–Kier alpha value is -2.30. The van der Waals surface area contributed by atoms with E-state index in [4.69, 9.17) is 10.5 Å². The van der Waals surface area contributed by atoms with Gasteiger partial charge in [-0.3, -0.25) is 0 Å². The van der Waals surface area contributed by atoms with Gasteiger partial charge < -0.3 is 15.8 Å². The lowest BCUT2D eigenvalue weighted by molar-refractivity contribution is 0.321. The number of ether oxygens (including phenoxy) is 1. The van der Waals surface area contributed by atoms with E-state index in [2.05, 4.69) is 5.32 Å². The third-order valence-corrected chi connectivity index (χ3v) is 2.55. The maximum atomic E-state index is 13.7. The zero-order valence-electron chi connectivity index (χ0n) is 10.4. The van der Waals surface area contributed by atoms with E-state index in [1.165, 1.54) is 24.3 Å². The molecular formula is C14H14F2N2O. The van der Waals surface area contributed by atoms with Gasteiger partial charge in [-0.25, -0.2) is 8.78 Å². The molecular weight excluding hydrogens is 250 g/mol. The number of nitrogens with two attached hydrogens (primary N) is 1. The van der Waals surface area contributed by atoms with Gasteiger partial charge in [-0.15, -0.1) is 0 Å². The van der Waals surface area contributed by atoms with Crippen LogP contribution in [0.25, 0.3) is 0 Å². The number of nitrogens with one attached hydrogen (secondary N) is 1. The van der Waals surface area contributed by atoms with Crippen molar-refractivity contribution in [1.29, 1.82) is 0 Å². The van der Waals surface area contributed by atoms with E-state index in [0.29, 0.717) is 12.3 Å². The van der Waals surface area contributed by atoms with Gasteiger partial charge in [0, 0.05) is 11.8 Å². The Morgan fingerprint density at radius 3 is 2.58 bits per heavy atom. The molecule has 0 spiro atoms. The maximum absolute atomic E-state index is 13.7. The smallest absolute Gasteiger partial charge is 0.167 e. The van der Waals surface area contributed by atoms with Crippen LogP contribution in [-0.2, 0) is 0 Å². The molecule has 2 aromatic rings. The summed E-state index contributed by atoms with van der Waals surface area (Å²) in [5.74, 6) is -0.842. The molecule has 0 amide bonds. The first-order valence-electron chi connectivity index (χ1n) is 5.85. The van der Waals surface area contributed by atoms with Crippen molar-refractivity contribution in [2.45, 2.75) is 6.92 Å². The molecule has 0 fully saturated rings. The van der Waals surface area contributed by atoms with Crippen LogP contribution in [0.5, 0.6) is 5.75 Å². The van der Waals surface area contributed by atoms with Gasteiger partial charge in [0.05, 0.1) is 18.0 Å². The third-order valence-electron chi connectivity index (χ3n) is 2.55. The van der Waals surface area contributed by atoms with Crippen molar-refractivity contribution in [1.82, 2.24) is 0 Å². The van der Waals surface area contributed by atoms with Gasteiger partial charge >= 0.3 is 0 Å². The molecule has 0 saturated carbocycles. The summed E-state index contributed by atoms with van der Waals surface area (Å²) in [7, 11) is 0. The van der Waals surface area contributed by atoms with Crippen LogP contribution in [0.1, 0.15) is 6.92 Å².